The predicted octanol–water partition coefficient (Wildman–Crippen LogP) is 1.68. The highest BCUT2D eigenvalue weighted by Gasteiger charge is 2.18. The summed E-state index contributed by atoms with van der Waals surface area (Å²) in [4.78, 5) is 19.1. The molecule has 25 heavy (non-hydrogen) atoms. The van der Waals surface area contributed by atoms with Gasteiger partial charge in [-0.2, -0.15) is 10.1 Å². The summed E-state index contributed by atoms with van der Waals surface area (Å²) < 4.78 is 5.81. The number of nitrogens with zero attached hydrogens (tertiary/aromatic N) is 5. The van der Waals surface area contributed by atoms with Crippen LogP contribution in [-0.2, 0) is 4.79 Å². The molecular formula is C17H22N6O2. The van der Waals surface area contributed by atoms with E-state index in [1.54, 1.807) is 11.1 Å². The van der Waals surface area contributed by atoms with Gasteiger partial charge < -0.3 is 19.9 Å². The van der Waals surface area contributed by atoms with E-state index in [0.29, 0.717) is 37.9 Å². The van der Waals surface area contributed by atoms with Crippen molar-refractivity contribution in [3.05, 3.63) is 30.5 Å². The molecular weight excluding hydrogens is 320 g/mol. The minimum atomic E-state index is 0.0798. The fraction of sp³-hybridized carbons (Fsp3) is 0.412. The molecule has 0 bridgehead atoms. The molecule has 0 spiro atoms. The molecule has 132 valence electrons. The fourth-order valence-electron chi connectivity index (χ4n) is 2.58. The molecule has 2 aromatic rings. The summed E-state index contributed by atoms with van der Waals surface area (Å²) in [6.07, 6.45) is 2.54. The molecule has 1 saturated heterocycles. The van der Waals surface area contributed by atoms with E-state index < -0.39 is 0 Å². The molecule has 0 radical (unpaired) electrons. The maximum Gasteiger partial charge on any atom is 0.247 e. The molecule has 0 saturated carbocycles. The standard InChI is InChI=1S/C17H22N6O2/c1-13(2)25-15-6-4-3-5-14(15)19-16-11-18-21-17(20-16)23-9-7-22(12-24)8-10-23/h3-6,11-13H,7-10H2,1-2H3,(H,19,20,21). The molecule has 0 aliphatic carbocycles. The summed E-state index contributed by atoms with van der Waals surface area (Å²) in [5.74, 6) is 1.91. The lowest BCUT2D eigenvalue weighted by Crippen LogP contribution is -2.46. The topological polar surface area (TPSA) is 83.5 Å². The molecule has 0 unspecified atom stereocenters. The minimum absolute atomic E-state index is 0.0798. The van der Waals surface area contributed by atoms with Crippen LogP contribution in [0.4, 0.5) is 17.5 Å². The molecule has 3 rings (SSSR count). The molecule has 8 nitrogen and oxygen atoms in total. The quantitative estimate of drug-likeness (QED) is 0.800. The molecule has 1 amide bonds. The number of carbonyl (C=O) groups excluding carboxylic acids is 1. The normalized spacial score (nSPS) is 14.5. The SMILES string of the molecule is CC(C)Oc1ccccc1Nc1cnnc(N2CCN(C=O)CC2)n1. The summed E-state index contributed by atoms with van der Waals surface area (Å²) >= 11 is 0. The highest BCUT2D eigenvalue weighted by atomic mass is 16.5. The molecule has 0 atom stereocenters. The monoisotopic (exact) mass is 342 g/mol. The van der Waals surface area contributed by atoms with Crippen LogP contribution >= 0.6 is 0 Å². The number of piperazine rings is 1. The highest BCUT2D eigenvalue weighted by Crippen LogP contribution is 2.27. The molecule has 1 N–H and O–H groups in total. The Morgan fingerprint density at radius 2 is 1.96 bits per heavy atom. The Morgan fingerprint density at radius 3 is 2.68 bits per heavy atom. The third-order valence-corrected chi connectivity index (χ3v) is 3.81. The van der Waals surface area contributed by atoms with Crippen molar-refractivity contribution in [1.82, 2.24) is 20.1 Å². The Morgan fingerprint density at radius 1 is 1.20 bits per heavy atom. The van der Waals surface area contributed by atoms with Gasteiger partial charge in [0.05, 0.1) is 18.0 Å². The van der Waals surface area contributed by atoms with Crippen molar-refractivity contribution in [2.24, 2.45) is 0 Å². The number of ether oxygens (including phenoxy) is 1. The number of anilines is 3. The number of amides is 1. The van der Waals surface area contributed by atoms with Crippen molar-refractivity contribution in [2.75, 3.05) is 36.4 Å². The fourth-order valence-corrected chi connectivity index (χ4v) is 2.58. The minimum Gasteiger partial charge on any atom is -0.489 e. The number of hydrogen-bond acceptors (Lipinski definition) is 7. The highest BCUT2D eigenvalue weighted by molar-refractivity contribution is 5.64. The lowest BCUT2D eigenvalue weighted by atomic mass is 10.3. The van der Waals surface area contributed by atoms with Crippen LogP contribution in [0.3, 0.4) is 0 Å². The van der Waals surface area contributed by atoms with Crippen LogP contribution < -0.4 is 15.0 Å². The average molecular weight is 342 g/mol. The van der Waals surface area contributed by atoms with E-state index in [0.717, 1.165) is 17.8 Å². The summed E-state index contributed by atoms with van der Waals surface area (Å²) in [6.45, 7) is 6.68. The Bertz CT molecular complexity index is 716. The van der Waals surface area contributed by atoms with E-state index in [1.807, 2.05) is 43.0 Å². The number of para-hydroxylation sites is 2. The first kappa shape index (κ1) is 16.9. The number of rotatable bonds is 6. The second-order valence-corrected chi connectivity index (χ2v) is 6.06. The van der Waals surface area contributed by atoms with E-state index in [-0.39, 0.29) is 6.10 Å². The number of aromatic nitrogens is 3. The van der Waals surface area contributed by atoms with Crippen molar-refractivity contribution in [2.45, 2.75) is 20.0 Å². The maximum atomic E-state index is 10.8. The van der Waals surface area contributed by atoms with Crippen LogP contribution in [0, 0.1) is 0 Å². The van der Waals surface area contributed by atoms with Crippen molar-refractivity contribution in [3.63, 3.8) is 0 Å². The Labute approximate surface area is 146 Å². The number of nitrogens with one attached hydrogen (secondary N) is 1. The second kappa shape index (κ2) is 7.78. The smallest absolute Gasteiger partial charge is 0.247 e. The van der Waals surface area contributed by atoms with Crippen LogP contribution in [0.25, 0.3) is 0 Å². The van der Waals surface area contributed by atoms with Gasteiger partial charge in [0.15, 0.2) is 5.82 Å². The third kappa shape index (κ3) is 4.34. The summed E-state index contributed by atoms with van der Waals surface area (Å²) in [5.41, 5.74) is 0.827. The maximum absolute atomic E-state index is 10.8. The van der Waals surface area contributed by atoms with Gasteiger partial charge in [0.2, 0.25) is 12.4 Å². The Kier molecular flexibility index (Phi) is 5.27. The third-order valence-electron chi connectivity index (χ3n) is 3.81. The van der Waals surface area contributed by atoms with Crippen molar-refractivity contribution >= 4 is 23.9 Å². The lowest BCUT2D eigenvalue weighted by molar-refractivity contribution is -0.118. The van der Waals surface area contributed by atoms with Gasteiger partial charge in [0.25, 0.3) is 0 Å². The molecule has 8 heteroatoms. The van der Waals surface area contributed by atoms with Gasteiger partial charge in [-0.3, -0.25) is 4.79 Å². The zero-order chi connectivity index (χ0) is 17.6. The average Bonchev–Trinajstić information content (AvgIpc) is 2.63. The van der Waals surface area contributed by atoms with Crippen molar-refractivity contribution in [3.8, 4) is 5.75 Å². The predicted molar refractivity (Wildman–Crippen MR) is 95.2 cm³/mol. The van der Waals surface area contributed by atoms with E-state index in [4.69, 9.17) is 4.74 Å². The van der Waals surface area contributed by atoms with E-state index in [1.165, 1.54) is 0 Å². The van der Waals surface area contributed by atoms with E-state index >= 15 is 0 Å². The van der Waals surface area contributed by atoms with Crippen LogP contribution in [0.2, 0.25) is 0 Å². The zero-order valence-corrected chi connectivity index (χ0v) is 14.4. The first-order chi connectivity index (χ1) is 12.2. The number of carbonyl (C=O) groups is 1. The Hall–Kier alpha value is -2.90. The first-order valence-corrected chi connectivity index (χ1v) is 8.32. The summed E-state index contributed by atoms with van der Waals surface area (Å²) in [6, 6.07) is 7.71. The van der Waals surface area contributed by atoms with Crippen LogP contribution in [-0.4, -0.2) is 58.8 Å². The Balaban J connectivity index is 1.73. The summed E-state index contributed by atoms with van der Waals surface area (Å²) in [5, 5.41) is 11.4. The van der Waals surface area contributed by atoms with Gasteiger partial charge in [-0.05, 0) is 26.0 Å². The van der Waals surface area contributed by atoms with Crippen LogP contribution in [0.5, 0.6) is 5.75 Å². The molecule has 1 aliphatic heterocycles. The molecule has 1 aromatic heterocycles. The van der Waals surface area contributed by atoms with E-state index in [2.05, 4.69) is 20.5 Å². The van der Waals surface area contributed by atoms with E-state index in [9.17, 15) is 4.79 Å². The van der Waals surface area contributed by atoms with Gasteiger partial charge in [-0.15, -0.1) is 5.10 Å². The first-order valence-electron chi connectivity index (χ1n) is 8.32. The molecule has 2 heterocycles. The van der Waals surface area contributed by atoms with Crippen molar-refractivity contribution < 1.29 is 9.53 Å². The zero-order valence-electron chi connectivity index (χ0n) is 14.4. The van der Waals surface area contributed by atoms with Gasteiger partial charge in [0, 0.05) is 26.2 Å². The lowest BCUT2D eigenvalue weighted by Gasteiger charge is -2.32. The number of benzene rings is 1. The van der Waals surface area contributed by atoms with Crippen molar-refractivity contribution in [1.29, 1.82) is 0 Å². The van der Waals surface area contributed by atoms with Crippen LogP contribution in [0.15, 0.2) is 30.5 Å². The molecule has 1 aromatic carbocycles. The van der Waals surface area contributed by atoms with Crippen LogP contribution in [0.1, 0.15) is 13.8 Å². The van der Waals surface area contributed by atoms with Gasteiger partial charge >= 0.3 is 0 Å². The molecule has 1 aliphatic rings. The largest absolute Gasteiger partial charge is 0.489 e. The van der Waals surface area contributed by atoms with Gasteiger partial charge in [0.1, 0.15) is 5.75 Å². The molecule has 1 fully saturated rings. The summed E-state index contributed by atoms with van der Waals surface area (Å²) in [7, 11) is 0. The van der Waals surface area contributed by atoms with Gasteiger partial charge in [-0.1, -0.05) is 12.1 Å². The number of hydrogen-bond donors (Lipinski definition) is 1. The van der Waals surface area contributed by atoms with Gasteiger partial charge in [-0.25, -0.2) is 0 Å². The second-order valence-electron chi connectivity index (χ2n) is 6.06.